The predicted molar refractivity (Wildman–Crippen MR) is 86.8 cm³/mol. The van der Waals surface area contributed by atoms with Crippen LogP contribution in [-0.4, -0.2) is 26.7 Å². The molecular weight excluding hydrogens is 346 g/mol. The second-order valence-corrected chi connectivity index (χ2v) is 6.12. The first-order chi connectivity index (χ1) is 9.12. The summed E-state index contributed by atoms with van der Waals surface area (Å²) in [5.41, 5.74) is 1.44. The zero-order valence-corrected chi connectivity index (χ0v) is 14.3. The highest BCUT2D eigenvalue weighted by molar-refractivity contribution is 9.10. The first-order valence-electron chi connectivity index (χ1n) is 5.27. The number of thioether (sulfide) groups is 2. The van der Waals surface area contributed by atoms with E-state index in [1.165, 1.54) is 0 Å². The van der Waals surface area contributed by atoms with Gasteiger partial charge in [0.15, 0.2) is 11.5 Å². The number of halogens is 1. The van der Waals surface area contributed by atoms with Crippen molar-refractivity contribution in [2.45, 2.75) is 0 Å². The number of benzene rings is 1. The van der Waals surface area contributed by atoms with Crippen molar-refractivity contribution < 1.29 is 9.47 Å². The molecule has 0 aliphatic rings. The largest absolute Gasteiger partial charge is 0.493 e. The van der Waals surface area contributed by atoms with E-state index in [1.807, 2.05) is 24.6 Å². The van der Waals surface area contributed by atoms with E-state index in [-0.39, 0.29) is 0 Å². The summed E-state index contributed by atoms with van der Waals surface area (Å²) in [5, 5.41) is 9.40. The Kier molecular flexibility index (Phi) is 6.63. The maximum absolute atomic E-state index is 9.40. The summed E-state index contributed by atoms with van der Waals surface area (Å²) in [6, 6.07) is 5.88. The van der Waals surface area contributed by atoms with Gasteiger partial charge in [0.1, 0.15) is 6.07 Å². The summed E-state index contributed by atoms with van der Waals surface area (Å²) in [7, 11) is 3.16. The van der Waals surface area contributed by atoms with Gasteiger partial charge in [-0.05, 0) is 40.6 Å². The zero-order chi connectivity index (χ0) is 14.4. The third kappa shape index (κ3) is 3.62. The molecule has 6 heteroatoms. The lowest BCUT2D eigenvalue weighted by molar-refractivity contribution is 0.354. The summed E-state index contributed by atoms with van der Waals surface area (Å²) >= 11 is 6.59. The summed E-state index contributed by atoms with van der Waals surface area (Å²) in [4.78, 5) is 0. The fraction of sp³-hybridized carbons (Fsp3) is 0.308. The first-order valence-corrected chi connectivity index (χ1v) is 8.51. The van der Waals surface area contributed by atoms with Gasteiger partial charge in [-0.15, -0.1) is 23.5 Å². The average molecular weight is 360 g/mol. The third-order valence-electron chi connectivity index (χ3n) is 2.43. The van der Waals surface area contributed by atoms with Gasteiger partial charge in [0, 0.05) is 10.0 Å². The molecule has 0 aliphatic heterocycles. The van der Waals surface area contributed by atoms with E-state index < -0.39 is 0 Å². The van der Waals surface area contributed by atoms with Crippen LogP contribution in [0.15, 0.2) is 20.8 Å². The number of ether oxygens (including phenoxy) is 2. The molecule has 0 saturated heterocycles. The highest BCUT2D eigenvalue weighted by Gasteiger charge is 2.15. The standard InChI is InChI=1S/C13H14BrNO2S2/c1-16-11-5-8(10(14)6-12(11)17-2)9(7-15)13(18-3)19-4/h5-6H,1-4H3. The van der Waals surface area contributed by atoms with Gasteiger partial charge in [-0.1, -0.05) is 0 Å². The molecule has 0 spiro atoms. The van der Waals surface area contributed by atoms with Crippen molar-refractivity contribution >= 4 is 45.0 Å². The zero-order valence-electron chi connectivity index (χ0n) is 11.1. The molecule has 0 fully saturated rings. The maximum atomic E-state index is 9.40. The van der Waals surface area contributed by atoms with Crippen LogP contribution in [0.25, 0.3) is 5.57 Å². The molecule has 3 nitrogen and oxygen atoms in total. The first kappa shape index (κ1) is 16.3. The minimum Gasteiger partial charge on any atom is -0.493 e. The molecule has 0 saturated carbocycles. The van der Waals surface area contributed by atoms with Gasteiger partial charge >= 0.3 is 0 Å². The van der Waals surface area contributed by atoms with Gasteiger partial charge in [-0.3, -0.25) is 0 Å². The van der Waals surface area contributed by atoms with Crippen molar-refractivity contribution in [1.82, 2.24) is 0 Å². The van der Waals surface area contributed by atoms with Crippen LogP contribution in [-0.2, 0) is 0 Å². The van der Waals surface area contributed by atoms with Gasteiger partial charge in [0.25, 0.3) is 0 Å². The van der Waals surface area contributed by atoms with Crippen LogP contribution in [0.1, 0.15) is 5.56 Å². The summed E-state index contributed by atoms with van der Waals surface area (Å²) in [6.45, 7) is 0. The monoisotopic (exact) mass is 359 g/mol. The lowest BCUT2D eigenvalue weighted by Crippen LogP contribution is -1.94. The van der Waals surface area contributed by atoms with Gasteiger partial charge in [0.2, 0.25) is 0 Å². The predicted octanol–water partition coefficient (Wildman–Crippen LogP) is 4.38. The Bertz CT molecular complexity index is 532. The lowest BCUT2D eigenvalue weighted by atomic mass is 10.1. The molecule has 0 aromatic heterocycles. The van der Waals surface area contributed by atoms with Crippen molar-refractivity contribution in [3.8, 4) is 17.6 Å². The second kappa shape index (κ2) is 7.73. The van der Waals surface area contributed by atoms with Gasteiger partial charge in [-0.25, -0.2) is 0 Å². The Labute approximate surface area is 130 Å². The molecule has 0 N–H and O–H groups in total. The Morgan fingerprint density at radius 3 is 2.11 bits per heavy atom. The van der Waals surface area contributed by atoms with Crippen LogP contribution in [0.3, 0.4) is 0 Å². The number of hydrogen-bond donors (Lipinski definition) is 0. The topological polar surface area (TPSA) is 42.2 Å². The molecule has 0 heterocycles. The Morgan fingerprint density at radius 1 is 1.16 bits per heavy atom. The number of hydrogen-bond acceptors (Lipinski definition) is 5. The molecule has 102 valence electrons. The molecular formula is C13H14BrNO2S2. The molecule has 0 radical (unpaired) electrons. The van der Waals surface area contributed by atoms with E-state index in [2.05, 4.69) is 22.0 Å². The normalized spacial score (nSPS) is 9.68. The van der Waals surface area contributed by atoms with Crippen LogP contribution in [0.4, 0.5) is 0 Å². The molecule has 0 atom stereocenters. The van der Waals surface area contributed by atoms with E-state index in [0.29, 0.717) is 17.1 Å². The molecule has 0 bridgehead atoms. The summed E-state index contributed by atoms with van der Waals surface area (Å²) in [6.07, 6.45) is 3.91. The third-order valence-corrected chi connectivity index (χ3v) is 5.24. The Hall–Kier alpha value is -0.770. The Balaban J connectivity index is 3.50. The summed E-state index contributed by atoms with van der Waals surface area (Å²) in [5.74, 6) is 1.24. The number of allylic oxidation sites excluding steroid dienone is 1. The molecule has 1 aromatic rings. The molecule has 0 amide bonds. The second-order valence-electron chi connectivity index (χ2n) is 3.37. The fourth-order valence-corrected chi connectivity index (χ4v) is 3.46. The van der Waals surface area contributed by atoms with Crippen molar-refractivity contribution in [3.63, 3.8) is 0 Å². The van der Waals surface area contributed by atoms with E-state index in [1.54, 1.807) is 37.7 Å². The van der Waals surface area contributed by atoms with Gasteiger partial charge in [0.05, 0.1) is 24.0 Å². The number of nitrogens with zero attached hydrogens (tertiary/aromatic N) is 1. The SMILES string of the molecule is COc1cc(Br)c(C(C#N)=C(SC)SC)cc1OC. The van der Waals surface area contributed by atoms with Crippen molar-refractivity contribution in [3.05, 3.63) is 26.4 Å². The lowest BCUT2D eigenvalue weighted by Gasteiger charge is -2.12. The van der Waals surface area contributed by atoms with Gasteiger partial charge in [-0.2, -0.15) is 5.26 Å². The number of methoxy groups -OCH3 is 2. The maximum Gasteiger partial charge on any atom is 0.161 e. The minimum atomic E-state index is 0.606. The van der Waals surface area contributed by atoms with Crippen molar-refractivity contribution in [2.75, 3.05) is 26.7 Å². The number of rotatable bonds is 5. The molecule has 19 heavy (non-hydrogen) atoms. The van der Waals surface area contributed by atoms with E-state index >= 15 is 0 Å². The quantitative estimate of drug-likeness (QED) is 0.729. The highest BCUT2D eigenvalue weighted by atomic mass is 79.9. The van der Waals surface area contributed by atoms with E-state index in [4.69, 9.17) is 9.47 Å². The molecule has 1 aromatic carbocycles. The smallest absolute Gasteiger partial charge is 0.161 e. The fourth-order valence-electron chi connectivity index (χ4n) is 1.55. The van der Waals surface area contributed by atoms with E-state index in [0.717, 1.165) is 14.3 Å². The molecule has 1 rings (SSSR count). The minimum absolute atomic E-state index is 0.606. The van der Waals surface area contributed by atoms with Crippen molar-refractivity contribution in [1.29, 1.82) is 5.26 Å². The van der Waals surface area contributed by atoms with E-state index in [9.17, 15) is 5.26 Å². The van der Waals surface area contributed by atoms with Crippen LogP contribution in [0.5, 0.6) is 11.5 Å². The average Bonchev–Trinajstić information content (AvgIpc) is 2.44. The van der Waals surface area contributed by atoms with Gasteiger partial charge < -0.3 is 9.47 Å². The highest BCUT2D eigenvalue weighted by Crippen LogP contribution is 2.40. The van der Waals surface area contributed by atoms with Crippen LogP contribution < -0.4 is 9.47 Å². The van der Waals surface area contributed by atoms with Crippen LogP contribution in [0, 0.1) is 11.3 Å². The van der Waals surface area contributed by atoms with Crippen LogP contribution >= 0.6 is 39.5 Å². The van der Waals surface area contributed by atoms with Crippen molar-refractivity contribution in [2.24, 2.45) is 0 Å². The molecule has 0 aliphatic carbocycles. The molecule has 0 unspecified atom stereocenters. The summed E-state index contributed by atoms with van der Waals surface area (Å²) < 4.78 is 12.3. The van der Waals surface area contributed by atoms with Crippen LogP contribution in [0.2, 0.25) is 0 Å². The Morgan fingerprint density at radius 2 is 1.68 bits per heavy atom. The number of nitriles is 1.